The van der Waals surface area contributed by atoms with Crippen molar-refractivity contribution in [1.29, 1.82) is 0 Å². The second-order valence-electron chi connectivity index (χ2n) is 4.41. The third-order valence-electron chi connectivity index (χ3n) is 3.15. The molecule has 0 aliphatic heterocycles. The molecule has 0 unspecified atom stereocenters. The second kappa shape index (κ2) is 5.06. The molecule has 0 spiro atoms. The maximum absolute atomic E-state index is 12.3. The standard InChI is InChI=1S/C16H10BrNO2/c17-11-7-5-10(6-8-11)15(19)16(20)13-9-18-14-4-2-1-3-12(13)14/h1-9,18H. The van der Waals surface area contributed by atoms with Crippen LogP contribution in [0.1, 0.15) is 20.7 Å². The molecule has 1 aromatic heterocycles. The van der Waals surface area contributed by atoms with E-state index < -0.39 is 11.6 Å². The normalized spacial score (nSPS) is 10.7. The van der Waals surface area contributed by atoms with Gasteiger partial charge in [0.1, 0.15) is 0 Å². The van der Waals surface area contributed by atoms with Crippen LogP contribution < -0.4 is 0 Å². The summed E-state index contributed by atoms with van der Waals surface area (Å²) in [7, 11) is 0. The quantitative estimate of drug-likeness (QED) is 0.584. The highest BCUT2D eigenvalue weighted by Gasteiger charge is 2.21. The van der Waals surface area contributed by atoms with Crippen molar-refractivity contribution in [2.75, 3.05) is 0 Å². The molecule has 0 bridgehead atoms. The van der Waals surface area contributed by atoms with E-state index in [0.717, 1.165) is 15.4 Å². The van der Waals surface area contributed by atoms with Gasteiger partial charge >= 0.3 is 0 Å². The van der Waals surface area contributed by atoms with Crippen LogP contribution in [0.4, 0.5) is 0 Å². The average molecular weight is 328 g/mol. The highest BCUT2D eigenvalue weighted by atomic mass is 79.9. The van der Waals surface area contributed by atoms with Crippen molar-refractivity contribution in [3.8, 4) is 0 Å². The molecule has 0 saturated heterocycles. The molecule has 3 rings (SSSR count). The lowest BCUT2D eigenvalue weighted by Crippen LogP contribution is -2.13. The Morgan fingerprint density at radius 3 is 2.35 bits per heavy atom. The van der Waals surface area contributed by atoms with E-state index in [0.29, 0.717) is 11.1 Å². The van der Waals surface area contributed by atoms with Gasteiger partial charge in [-0.3, -0.25) is 9.59 Å². The first-order chi connectivity index (χ1) is 9.66. The number of rotatable bonds is 3. The molecule has 3 nitrogen and oxygen atoms in total. The van der Waals surface area contributed by atoms with E-state index in [-0.39, 0.29) is 0 Å². The van der Waals surface area contributed by atoms with Gasteiger partial charge in [-0.25, -0.2) is 0 Å². The van der Waals surface area contributed by atoms with Crippen molar-refractivity contribution in [2.24, 2.45) is 0 Å². The molecule has 1 N–H and O–H groups in total. The Bertz CT molecular complexity index is 803. The summed E-state index contributed by atoms with van der Waals surface area (Å²) in [5.74, 6) is -0.993. The van der Waals surface area contributed by atoms with Gasteiger partial charge in [0.05, 0.1) is 5.56 Å². The van der Waals surface area contributed by atoms with Crippen molar-refractivity contribution < 1.29 is 9.59 Å². The van der Waals surface area contributed by atoms with E-state index in [1.54, 1.807) is 30.5 Å². The van der Waals surface area contributed by atoms with Gasteiger partial charge in [0.25, 0.3) is 0 Å². The summed E-state index contributed by atoms with van der Waals surface area (Å²) in [6, 6.07) is 14.2. The molecule has 0 fully saturated rings. The number of para-hydroxylation sites is 1. The van der Waals surface area contributed by atoms with E-state index >= 15 is 0 Å². The topological polar surface area (TPSA) is 49.9 Å². The highest BCUT2D eigenvalue weighted by molar-refractivity contribution is 9.10. The number of Topliss-reactive ketones (excluding diaryl/α,β-unsaturated/α-hetero) is 2. The lowest BCUT2D eigenvalue weighted by atomic mass is 10.0. The predicted octanol–water partition coefficient (Wildman–Crippen LogP) is 4.00. The molecule has 20 heavy (non-hydrogen) atoms. The molecule has 0 aliphatic rings. The zero-order valence-electron chi connectivity index (χ0n) is 10.4. The van der Waals surface area contributed by atoms with Crippen molar-refractivity contribution in [2.45, 2.75) is 0 Å². The van der Waals surface area contributed by atoms with Crippen molar-refractivity contribution in [1.82, 2.24) is 4.98 Å². The fraction of sp³-hybridized carbons (Fsp3) is 0. The Morgan fingerprint density at radius 2 is 1.60 bits per heavy atom. The summed E-state index contributed by atoms with van der Waals surface area (Å²) in [4.78, 5) is 27.5. The first-order valence-electron chi connectivity index (χ1n) is 6.07. The van der Waals surface area contributed by atoms with Crippen LogP contribution in [0.5, 0.6) is 0 Å². The smallest absolute Gasteiger partial charge is 0.235 e. The second-order valence-corrected chi connectivity index (χ2v) is 5.33. The van der Waals surface area contributed by atoms with Gasteiger partial charge in [0.15, 0.2) is 0 Å². The van der Waals surface area contributed by atoms with E-state index in [9.17, 15) is 9.59 Å². The molecule has 1 heterocycles. The molecule has 0 atom stereocenters. The van der Waals surface area contributed by atoms with Gasteiger partial charge in [-0.2, -0.15) is 0 Å². The maximum atomic E-state index is 12.3. The van der Waals surface area contributed by atoms with Crippen LogP contribution in [0.3, 0.4) is 0 Å². The lowest BCUT2D eigenvalue weighted by molar-refractivity contribution is 0.0818. The van der Waals surface area contributed by atoms with Crippen LogP contribution in [0, 0.1) is 0 Å². The van der Waals surface area contributed by atoms with Crippen LogP contribution in [-0.2, 0) is 0 Å². The highest BCUT2D eigenvalue weighted by Crippen LogP contribution is 2.20. The minimum atomic E-state index is -0.498. The third kappa shape index (κ3) is 2.18. The molecule has 4 heteroatoms. The van der Waals surface area contributed by atoms with Gasteiger partial charge in [-0.15, -0.1) is 0 Å². The maximum Gasteiger partial charge on any atom is 0.235 e. The van der Waals surface area contributed by atoms with Crippen LogP contribution in [0.15, 0.2) is 59.2 Å². The van der Waals surface area contributed by atoms with Gasteiger partial charge in [0.2, 0.25) is 11.6 Å². The molecule has 0 saturated carbocycles. The van der Waals surface area contributed by atoms with Crippen molar-refractivity contribution in [3.63, 3.8) is 0 Å². The van der Waals surface area contributed by atoms with Crippen LogP contribution >= 0.6 is 15.9 Å². The van der Waals surface area contributed by atoms with E-state index in [1.165, 1.54) is 0 Å². The van der Waals surface area contributed by atoms with Crippen LogP contribution in [0.25, 0.3) is 10.9 Å². The predicted molar refractivity (Wildman–Crippen MR) is 81.1 cm³/mol. The SMILES string of the molecule is O=C(C(=O)c1c[nH]c2ccccc12)c1ccc(Br)cc1. The number of benzene rings is 2. The number of nitrogens with one attached hydrogen (secondary N) is 1. The molecular weight excluding hydrogens is 318 g/mol. The number of carbonyl (C=O) groups excluding carboxylic acids is 2. The monoisotopic (exact) mass is 327 g/mol. The van der Waals surface area contributed by atoms with Gasteiger partial charge in [-0.1, -0.05) is 34.1 Å². The summed E-state index contributed by atoms with van der Waals surface area (Å²) >= 11 is 3.30. The fourth-order valence-electron chi connectivity index (χ4n) is 2.11. The number of carbonyl (C=O) groups is 2. The zero-order valence-corrected chi connectivity index (χ0v) is 12.0. The molecule has 0 aliphatic carbocycles. The molecule has 2 aromatic carbocycles. The van der Waals surface area contributed by atoms with Crippen LogP contribution in [-0.4, -0.2) is 16.6 Å². The molecule has 3 aromatic rings. The average Bonchev–Trinajstić information content (AvgIpc) is 2.90. The number of hydrogen-bond acceptors (Lipinski definition) is 2. The third-order valence-corrected chi connectivity index (χ3v) is 3.68. The number of hydrogen-bond donors (Lipinski definition) is 1. The van der Waals surface area contributed by atoms with Gasteiger partial charge < -0.3 is 4.98 Å². The number of ketones is 2. The number of aromatic amines is 1. The Morgan fingerprint density at radius 1 is 0.900 bits per heavy atom. The number of halogens is 1. The number of fused-ring (bicyclic) bond motifs is 1. The Hall–Kier alpha value is -2.20. The Labute approximate surface area is 123 Å². The summed E-state index contributed by atoms with van der Waals surface area (Å²) < 4.78 is 0.869. The fourth-order valence-corrected chi connectivity index (χ4v) is 2.38. The molecule has 98 valence electrons. The van der Waals surface area contributed by atoms with Crippen LogP contribution in [0.2, 0.25) is 0 Å². The molecule has 0 radical (unpaired) electrons. The minimum Gasteiger partial charge on any atom is -0.360 e. The summed E-state index contributed by atoms with van der Waals surface area (Å²) in [6.45, 7) is 0. The number of aromatic nitrogens is 1. The summed E-state index contributed by atoms with van der Waals surface area (Å²) in [5.41, 5.74) is 1.65. The van der Waals surface area contributed by atoms with Gasteiger partial charge in [0, 0.05) is 27.1 Å². The first kappa shape index (κ1) is 12.8. The van der Waals surface area contributed by atoms with Crippen molar-refractivity contribution in [3.05, 3.63) is 70.3 Å². The summed E-state index contributed by atoms with van der Waals surface area (Å²) in [5, 5.41) is 0.767. The van der Waals surface area contributed by atoms with E-state index in [4.69, 9.17) is 0 Å². The number of H-pyrrole nitrogens is 1. The van der Waals surface area contributed by atoms with E-state index in [1.807, 2.05) is 24.3 Å². The molecule has 0 amide bonds. The zero-order chi connectivity index (χ0) is 14.1. The largest absolute Gasteiger partial charge is 0.360 e. The first-order valence-corrected chi connectivity index (χ1v) is 6.87. The lowest BCUT2D eigenvalue weighted by Gasteiger charge is -2.00. The molecular formula is C16H10BrNO2. The van der Waals surface area contributed by atoms with Crippen molar-refractivity contribution >= 4 is 38.4 Å². The summed E-state index contributed by atoms with van der Waals surface area (Å²) in [6.07, 6.45) is 1.59. The minimum absolute atomic E-state index is 0.392. The Kier molecular flexibility index (Phi) is 3.24. The Balaban J connectivity index is 2.00. The van der Waals surface area contributed by atoms with E-state index in [2.05, 4.69) is 20.9 Å². The van der Waals surface area contributed by atoms with Gasteiger partial charge in [-0.05, 0) is 30.3 Å².